The number of nitrogens with zero attached hydrogens (tertiary/aromatic N) is 3. The van der Waals surface area contributed by atoms with Crippen molar-refractivity contribution in [3.8, 4) is 5.69 Å². The van der Waals surface area contributed by atoms with Crippen LogP contribution in [0.5, 0.6) is 0 Å². The molecular weight excluding hydrogens is 406 g/mol. The SMILES string of the molecule is Cc1cc(C)cc(-n2c(SC(C)C(=O)N3CCC(C)CC3)nc3ccccc3c2=O)c1. The van der Waals surface area contributed by atoms with Gasteiger partial charge in [0, 0.05) is 13.1 Å². The van der Waals surface area contributed by atoms with Crippen LogP contribution in [0.4, 0.5) is 0 Å². The molecule has 1 aliphatic rings. The minimum absolute atomic E-state index is 0.107. The van der Waals surface area contributed by atoms with Gasteiger partial charge >= 0.3 is 0 Å². The van der Waals surface area contributed by atoms with E-state index in [0.717, 1.165) is 42.7 Å². The van der Waals surface area contributed by atoms with Gasteiger partial charge < -0.3 is 4.90 Å². The maximum absolute atomic E-state index is 13.5. The van der Waals surface area contributed by atoms with Crippen molar-refractivity contribution in [3.05, 3.63) is 63.9 Å². The van der Waals surface area contributed by atoms with Crippen LogP contribution in [0.15, 0.2) is 52.4 Å². The lowest BCUT2D eigenvalue weighted by Gasteiger charge is -2.32. The number of aryl methyl sites for hydroxylation is 2. The van der Waals surface area contributed by atoms with Gasteiger partial charge in [0.05, 0.1) is 21.8 Å². The smallest absolute Gasteiger partial charge is 0.266 e. The molecule has 0 aliphatic carbocycles. The van der Waals surface area contributed by atoms with Gasteiger partial charge in [0.1, 0.15) is 0 Å². The average molecular weight is 436 g/mol. The van der Waals surface area contributed by atoms with Gasteiger partial charge in [-0.25, -0.2) is 4.98 Å². The van der Waals surface area contributed by atoms with Crippen molar-refractivity contribution in [2.75, 3.05) is 13.1 Å². The van der Waals surface area contributed by atoms with E-state index in [9.17, 15) is 9.59 Å². The van der Waals surface area contributed by atoms with E-state index < -0.39 is 0 Å². The number of para-hydroxylation sites is 1. The monoisotopic (exact) mass is 435 g/mol. The van der Waals surface area contributed by atoms with Crippen molar-refractivity contribution in [2.24, 2.45) is 5.92 Å². The minimum atomic E-state index is -0.321. The molecular formula is C25H29N3O2S. The van der Waals surface area contributed by atoms with Crippen molar-refractivity contribution < 1.29 is 4.79 Å². The number of amides is 1. The zero-order chi connectivity index (χ0) is 22.1. The van der Waals surface area contributed by atoms with Crippen LogP contribution in [0, 0.1) is 19.8 Å². The number of hydrogen-bond acceptors (Lipinski definition) is 4. The van der Waals surface area contributed by atoms with E-state index in [0.29, 0.717) is 22.0 Å². The quantitative estimate of drug-likeness (QED) is 0.439. The number of carbonyl (C=O) groups is 1. The lowest BCUT2D eigenvalue weighted by Crippen LogP contribution is -2.42. The zero-order valence-corrected chi connectivity index (χ0v) is 19.4. The molecule has 1 aliphatic heterocycles. The van der Waals surface area contributed by atoms with E-state index >= 15 is 0 Å². The van der Waals surface area contributed by atoms with Crippen molar-refractivity contribution in [3.63, 3.8) is 0 Å². The predicted octanol–water partition coefficient (Wildman–Crippen LogP) is 4.74. The molecule has 1 aromatic heterocycles. The Kier molecular flexibility index (Phi) is 6.19. The van der Waals surface area contributed by atoms with E-state index in [1.807, 2.05) is 62.1 Å². The molecule has 0 radical (unpaired) electrons. The first-order valence-corrected chi connectivity index (χ1v) is 11.8. The van der Waals surface area contributed by atoms with Gasteiger partial charge in [0.2, 0.25) is 5.91 Å². The molecule has 2 heterocycles. The van der Waals surface area contributed by atoms with Crippen LogP contribution in [0.2, 0.25) is 0 Å². The number of fused-ring (bicyclic) bond motifs is 1. The van der Waals surface area contributed by atoms with Crippen molar-refractivity contribution >= 4 is 28.6 Å². The molecule has 1 unspecified atom stereocenters. The van der Waals surface area contributed by atoms with Crippen LogP contribution in [-0.4, -0.2) is 38.7 Å². The van der Waals surface area contributed by atoms with Crippen molar-refractivity contribution in [1.82, 2.24) is 14.5 Å². The Morgan fingerprint density at radius 1 is 1.10 bits per heavy atom. The molecule has 0 spiro atoms. The standard InChI is InChI=1S/C25H29N3O2S/c1-16-9-11-27(12-10-16)23(29)19(4)31-25-26-22-8-6-5-7-21(22)24(30)28(25)20-14-17(2)13-18(3)15-20/h5-8,13-16,19H,9-12H2,1-4H3. The number of aromatic nitrogens is 2. The fourth-order valence-corrected chi connectivity index (χ4v) is 5.20. The topological polar surface area (TPSA) is 55.2 Å². The molecule has 1 amide bonds. The Hall–Kier alpha value is -2.60. The molecule has 1 saturated heterocycles. The van der Waals surface area contributed by atoms with E-state index in [-0.39, 0.29) is 16.7 Å². The first-order chi connectivity index (χ1) is 14.8. The summed E-state index contributed by atoms with van der Waals surface area (Å²) in [6, 6.07) is 13.5. The summed E-state index contributed by atoms with van der Waals surface area (Å²) in [4.78, 5) is 33.3. The molecule has 0 N–H and O–H groups in total. The maximum Gasteiger partial charge on any atom is 0.266 e. The molecule has 0 saturated carbocycles. The summed E-state index contributed by atoms with van der Waals surface area (Å²) < 4.78 is 1.66. The van der Waals surface area contributed by atoms with Gasteiger partial charge in [-0.2, -0.15) is 0 Å². The van der Waals surface area contributed by atoms with Gasteiger partial charge in [-0.3, -0.25) is 14.2 Å². The molecule has 162 valence electrons. The Bertz CT molecular complexity index is 1160. The van der Waals surface area contributed by atoms with Crippen molar-refractivity contribution in [2.45, 2.75) is 50.9 Å². The van der Waals surface area contributed by atoms with Gasteiger partial charge in [0.25, 0.3) is 5.56 Å². The van der Waals surface area contributed by atoms with Crippen LogP contribution < -0.4 is 5.56 Å². The molecule has 2 aromatic carbocycles. The number of thioether (sulfide) groups is 1. The van der Waals surface area contributed by atoms with Crippen LogP contribution in [0.25, 0.3) is 16.6 Å². The highest BCUT2D eigenvalue weighted by Crippen LogP contribution is 2.28. The summed E-state index contributed by atoms with van der Waals surface area (Å²) in [5, 5.41) is 0.813. The second kappa shape index (κ2) is 8.87. The zero-order valence-electron chi connectivity index (χ0n) is 18.6. The molecule has 6 heteroatoms. The molecule has 3 aromatic rings. The van der Waals surface area contributed by atoms with Crippen LogP contribution in [-0.2, 0) is 4.79 Å². The molecule has 1 atom stereocenters. The number of likely N-dealkylation sites (tertiary alicyclic amines) is 1. The maximum atomic E-state index is 13.5. The Morgan fingerprint density at radius 3 is 2.42 bits per heavy atom. The first kappa shape index (κ1) is 21.6. The second-order valence-electron chi connectivity index (χ2n) is 8.67. The number of benzene rings is 2. The highest BCUT2D eigenvalue weighted by Gasteiger charge is 2.27. The fraction of sp³-hybridized carbons (Fsp3) is 0.400. The van der Waals surface area contributed by atoms with Crippen LogP contribution in [0.1, 0.15) is 37.8 Å². The highest BCUT2D eigenvalue weighted by atomic mass is 32.2. The summed E-state index contributed by atoms with van der Waals surface area (Å²) in [6.45, 7) is 9.80. The summed E-state index contributed by atoms with van der Waals surface area (Å²) in [5.74, 6) is 0.787. The Balaban J connectivity index is 1.75. The van der Waals surface area contributed by atoms with Gasteiger partial charge in [-0.15, -0.1) is 0 Å². The van der Waals surface area contributed by atoms with Crippen LogP contribution >= 0.6 is 11.8 Å². The van der Waals surface area contributed by atoms with Crippen LogP contribution in [0.3, 0.4) is 0 Å². The number of piperidine rings is 1. The van der Waals surface area contributed by atoms with E-state index in [1.54, 1.807) is 4.57 Å². The third-order valence-corrected chi connectivity index (χ3v) is 6.97. The molecule has 5 nitrogen and oxygen atoms in total. The highest BCUT2D eigenvalue weighted by molar-refractivity contribution is 8.00. The lowest BCUT2D eigenvalue weighted by atomic mass is 9.99. The minimum Gasteiger partial charge on any atom is -0.342 e. The first-order valence-electron chi connectivity index (χ1n) is 10.9. The normalized spacial score (nSPS) is 15.9. The lowest BCUT2D eigenvalue weighted by molar-refractivity contribution is -0.131. The Morgan fingerprint density at radius 2 is 1.74 bits per heavy atom. The van der Waals surface area contributed by atoms with E-state index in [1.165, 1.54) is 11.8 Å². The number of rotatable bonds is 4. The van der Waals surface area contributed by atoms with Crippen molar-refractivity contribution in [1.29, 1.82) is 0 Å². The Labute approximate surface area is 187 Å². The van der Waals surface area contributed by atoms with Gasteiger partial charge in [-0.05, 0) is 74.9 Å². The fourth-order valence-electron chi connectivity index (χ4n) is 4.19. The molecule has 4 rings (SSSR count). The van der Waals surface area contributed by atoms with Gasteiger partial charge in [-0.1, -0.05) is 36.9 Å². The summed E-state index contributed by atoms with van der Waals surface area (Å²) in [5.41, 5.74) is 3.50. The van der Waals surface area contributed by atoms with Gasteiger partial charge in [0.15, 0.2) is 5.16 Å². The molecule has 31 heavy (non-hydrogen) atoms. The average Bonchev–Trinajstić information content (AvgIpc) is 2.73. The summed E-state index contributed by atoms with van der Waals surface area (Å²) in [6.07, 6.45) is 2.09. The summed E-state index contributed by atoms with van der Waals surface area (Å²) in [7, 11) is 0. The number of hydrogen-bond donors (Lipinski definition) is 0. The molecule has 0 bridgehead atoms. The molecule has 1 fully saturated rings. The second-order valence-corrected chi connectivity index (χ2v) is 9.97. The number of carbonyl (C=O) groups excluding carboxylic acids is 1. The van der Waals surface area contributed by atoms with E-state index in [2.05, 4.69) is 13.0 Å². The largest absolute Gasteiger partial charge is 0.342 e. The predicted molar refractivity (Wildman–Crippen MR) is 127 cm³/mol. The third kappa shape index (κ3) is 4.54. The summed E-state index contributed by atoms with van der Waals surface area (Å²) >= 11 is 1.37. The third-order valence-electron chi connectivity index (χ3n) is 5.93. The van der Waals surface area contributed by atoms with E-state index in [4.69, 9.17) is 4.98 Å².